The number of amides is 3. The van der Waals surface area contributed by atoms with Gasteiger partial charge in [0.25, 0.3) is 5.91 Å². The SMILES string of the molecule is O=C(Nc1cc(CO)cc(C(F)(F)F)c1)NC1CC2(C1)CN(C(=O)c1cnn3ccsc13)C2. The van der Waals surface area contributed by atoms with Crippen molar-refractivity contribution in [2.75, 3.05) is 18.4 Å². The summed E-state index contributed by atoms with van der Waals surface area (Å²) in [5.41, 5.74) is -0.377. The standard InChI is InChI=1S/C21H20F3N5O3S/c22-21(23,24)13-3-12(9-30)4-14(5-13)26-19(32)27-15-6-20(7-15)10-28(11-20)17(31)16-8-25-29-1-2-33-18(16)29/h1-5,8,15,30H,6-7,9-11H2,(H2,26,27,32). The molecule has 1 aromatic carbocycles. The molecule has 0 unspecified atom stereocenters. The Kier molecular flexibility index (Phi) is 5.09. The zero-order chi connectivity index (χ0) is 23.4. The first-order chi connectivity index (χ1) is 15.7. The number of hydrogen-bond donors (Lipinski definition) is 3. The summed E-state index contributed by atoms with van der Waals surface area (Å²) in [5, 5.41) is 20.4. The molecule has 5 rings (SSSR count). The number of benzene rings is 1. The van der Waals surface area contributed by atoms with Crippen molar-refractivity contribution in [3.63, 3.8) is 0 Å². The van der Waals surface area contributed by atoms with Crippen molar-refractivity contribution in [2.45, 2.75) is 31.7 Å². The van der Waals surface area contributed by atoms with Crippen molar-refractivity contribution in [1.29, 1.82) is 0 Å². The van der Waals surface area contributed by atoms with Crippen LogP contribution in [0.1, 0.15) is 34.3 Å². The molecular weight excluding hydrogens is 459 g/mol. The van der Waals surface area contributed by atoms with E-state index in [-0.39, 0.29) is 28.6 Å². The molecular formula is C21H20F3N5O3S. The molecule has 174 valence electrons. The molecule has 1 aliphatic heterocycles. The predicted octanol–water partition coefficient (Wildman–Crippen LogP) is 3.33. The highest BCUT2D eigenvalue weighted by atomic mass is 32.1. The molecule has 0 radical (unpaired) electrons. The van der Waals surface area contributed by atoms with E-state index in [0.29, 0.717) is 31.5 Å². The Labute approximate surface area is 190 Å². The highest BCUT2D eigenvalue weighted by Crippen LogP contribution is 2.49. The van der Waals surface area contributed by atoms with Crippen LogP contribution < -0.4 is 10.6 Å². The molecule has 33 heavy (non-hydrogen) atoms. The van der Waals surface area contributed by atoms with Gasteiger partial charge >= 0.3 is 12.2 Å². The third-order valence-corrected chi connectivity index (χ3v) is 7.04. The number of nitrogens with zero attached hydrogens (tertiary/aromatic N) is 3. The van der Waals surface area contributed by atoms with E-state index in [1.54, 1.807) is 21.8 Å². The third-order valence-electron chi connectivity index (χ3n) is 6.16. The zero-order valence-corrected chi connectivity index (χ0v) is 18.0. The molecule has 3 aromatic rings. The predicted molar refractivity (Wildman–Crippen MR) is 114 cm³/mol. The number of rotatable bonds is 4. The lowest BCUT2D eigenvalue weighted by atomic mass is 9.60. The van der Waals surface area contributed by atoms with Crippen LogP contribution >= 0.6 is 11.3 Å². The minimum Gasteiger partial charge on any atom is -0.392 e. The topological polar surface area (TPSA) is 99.0 Å². The number of urea groups is 1. The van der Waals surface area contributed by atoms with Gasteiger partial charge in [0.1, 0.15) is 4.83 Å². The van der Waals surface area contributed by atoms with Gasteiger partial charge in [-0.3, -0.25) is 4.79 Å². The molecule has 2 aromatic heterocycles. The van der Waals surface area contributed by atoms with Crippen molar-refractivity contribution < 1.29 is 27.9 Å². The van der Waals surface area contributed by atoms with Crippen molar-refractivity contribution in [3.05, 3.63) is 52.7 Å². The molecule has 1 saturated heterocycles. The van der Waals surface area contributed by atoms with Crippen molar-refractivity contribution in [2.24, 2.45) is 5.41 Å². The number of aliphatic hydroxyl groups excluding tert-OH is 1. The van der Waals surface area contributed by atoms with E-state index in [9.17, 15) is 27.9 Å². The average Bonchev–Trinajstić information content (AvgIpc) is 3.31. The fourth-order valence-corrected chi connectivity index (χ4v) is 5.46. The van der Waals surface area contributed by atoms with Crippen molar-refractivity contribution in [3.8, 4) is 0 Å². The van der Waals surface area contributed by atoms with Crippen LogP contribution in [0.4, 0.5) is 23.7 Å². The van der Waals surface area contributed by atoms with Crippen molar-refractivity contribution in [1.82, 2.24) is 19.8 Å². The molecule has 8 nitrogen and oxygen atoms in total. The van der Waals surface area contributed by atoms with Crippen LogP contribution in [0.3, 0.4) is 0 Å². The Hall–Kier alpha value is -3.12. The highest BCUT2D eigenvalue weighted by molar-refractivity contribution is 7.15. The molecule has 0 atom stereocenters. The van der Waals surface area contributed by atoms with Gasteiger partial charge in [0, 0.05) is 41.8 Å². The van der Waals surface area contributed by atoms with E-state index in [0.717, 1.165) is 17.0 Å². The molecule has 2 fully saturated rings. The summed E-state index contributed by atoms with van der Waals surface area (Å²) >= 11 is 1.46. The van der Waals surface area contributed by atoms with Crippen LogP contribution in [0.15, 0.2) is 36.0 Å². The lowest BCUT2D eigenvalue weighted by Crippen LogP contribution is -2.67. The Morgan fingerprint density at radius 3 is 2.70 bits per heavy atom. The van der Waals surface area contributed by atoms with E-state index in [2.05, 4.69) is 15.7 Å². The minimum absolute atomic E-state index is 0.0321. The lowest BCUT2D eigenvalue weighted by Gasteiger charge is -2.58. The summed E-state index contributed by atoms with van der Waals surface area (Å²) in [6.45, 7) is 0.627. The van der Waals surface area contributed by atoms with E-state index >= 15 is 0 Å². The number of halogens is 3. The van der Waals surface area contributed by atoms with Crippen LogP contribution in [-0.2, 0) is 12.8 Å². The van der Waals surface area contributed by atoms with Gasteiger partial charge in [-0.05, 0) is 36.6 Å². The lowest BCUT2D eigenvalue weighted by molar-refractivity contribution is -0.137. The van der Waals surface area contributed by atoms with Crippen molar-refractivity contribution >= 4 is 33.8 Å². The van der Waals surface area contributed by atoms with Gasteiger partial charge in [-0.1, -0.05) is 0 Å². The molecule has 3 heterocycles. The summed E-state index contributed by atoms with van der Waals surface area (Å²) in [4.78, 5) is 27.6. The number of likely N-dealkylation sites (tertiary alicyclic amines) is 1. The van der Waals surface area contributed by atoms with Gasteiger partial charge in [0.2, 0.25) is 0 Å². The Balaban J connectivity index is 1.13. The number of anilines is 1. The first kappa shape index (κ1) is 21.7. The van der Waals surface area contributed by atoms with E-state index in [1.165, 1.54) is 17.4 Å². The van der Waals surface area contributed by atoms with Gasteiger partial charge < -0.3 is 20.6 Å². The minimum atomic E-state index is -4.58. The molecule has 0 bridgehead atoms. The Bertz CT molecular complexity index is 1220. The van der Waals surface area contributed by atoms with Crippen LogP contribution in [-0.4, -0.2) is 50.7 Å². The summed E-state index contributed by atoms with van der Waals surface area (Å²) in [6, 6.07) is 2.25. The smallest absolute Gasteiger partial charge is 0.392 e. The number of hydrogen-bond acceptors (Lipinski definition) is 5. The fourth-order valence-electron chi connectivity index (χ4n) is 4.67. The molecule has 3 amide bonds. The molecule has 1 spiro atoms. The molecule has 12 heteroatoms. The Morgan fingerprint density at radius 2 is 2.00 bits per heavy atom. The monoisotopic (exact) mass is 479 g/mol. The third kappa shape index (κ3) is 4.04. The highest BCUT2D eigenvalue weighted by Gasteiger charge is 2.54. The number of aliphatic hydroxyl groups is 1. The quantitative estimate of drug-likeness (QED) is 0.535. The number of carbonyl (C=O) groups excluding carboxylic acids is 2. The first-order valence-corrected chi connectivity index (χ1v) is 11.1. The van der Waals surface area contributed by atoms with E-state index < -0.39 is 24.4 Å². The van der Waals surface area contributed by atoms with Crippen LogP contribution in [0, 0.1) is 5.41 Å². The van der Waals surface area contributed by atoms with Crippen LogP contribution in [0.25, 0.3) is 4.83 Å². The summed E-state index contributed by atoms with van der Waals surface area (Å²) in [7, 11) is 0. The number of carbonyl (C=O) groups is 2. The van der Waals surface area contributed by atoms with Gasteiger partial charge in [0.05, 0.1) is 23.9 Å². The second-order valence-corrected chi connectivity index (χ2v) is 9.54. The van der Waals surface area contributed by atoms with Gasteiger partial charge in [-0.2, -0.15) is 18.3 Å². The fraction of sp³-hybridized carbons (Fsp3) is 0.381. The number of nitrogens with one attached hydrogen (secondary N) is 2. The molecule has 2 aliphatic rings. The van der Waals surface area contributed by atoms with Crippen LogP contribution in [0.2, 0.25) is 0 Å². The second kappa shape index (κ2) is 7.73. The summed E-state index contributed by atoms with van der Waals surface area (Å²) in [5.74, 6) is -0.0588. The second-order valence-electron chi connectivity index (χ2n) is 8.65. The maximum Gasteiger partial charge on any atom is 0.416 e. The maximum atomic E-state index is 13.0. The Morgan fingerprint density at radius 1 is 1.24 bits per heavy atom. The normalized spacial score (nSPS) is 17.6. The summed E-state index contributed by atoms with van der Waals surface area (Å²) in [6.07, 6.45) is 0.169. The van der Waals surface area contributed by atoms with E-state index in [4.69, 9.17) is 0 Å². The number of aromatic nitrogens is 2. The maximum absolute atomic E-state index is 13.0. The largest absolute Gasteiger partial charge is 0.416 e. The molecule has 1 aliphatic carbocycles. The summed E-state index contributed by atoms with van der Waals surface area (Å²) < 4.78 is 40.7. The van der Waals surface area contributed by atoms with E-state index in [1.807, 2.05) is 5.38 Å². The first-order valence-electron chi connectivity index (χ1n) is 10.3. The number of fused-ring (bicyclic) bond motifs is 1. The zero-order valence-electron chi connectivity index (χ0n) is 17.2. The van der Waals surface area contributed by atoms with Gasteiger partial charge in [-0.25, -0.2) is 9.31 Å². The van der Waals surface area contributed by atoms with Gasteiger partial charge in [0.15, 0.2) is 0 Å². The molecule has 1 saturated carbocycles. The van der Waals surface area contributed by atoms with Crippen LogP contribution in [0.5, 0.6) is 0 Å². The average molecular weight is 479 g/mol. The number of thiazole rings is 1. The number of alkyl halides is 3. The van der Waals surface area contributed by atoms with Gasteiger partial charge in [-0.15, -0.1) is 11.3 Å². The molecule has 3 N–H and O–H groups in total.